The topological polar surface area (TPSA) is 42.0 Å². The molecule has 0 saturated heterocycles. The molecule has 0 spiro atoms. The minimum absolute atomic E-state index is 0.453. The van der Waals surface area contributed by atoms with Crippen molar-refractivity contribution in [3.8, 4) is 11.8 Å². The summed E-state index contributed by atoms with van der Waals surface area (Å²) >= 11 is 1.38. The number of thiazole rings is 1. The molecule has 1 aromatic rings. The summed E-state index contributed by atoms with van der Waals surface area (Å²) in [6.07, 6.45) is 0.722. The lowest BCUT2D eigenvalue weighted by atomic mass is 10.5. The molecule has 12 heavy (non-hydrogen) atoms. The average Bonchev–Trinajstić information content (AvgIpc) is 2.53. The van der Waals surface area contributed by atoms with Crippen LogP contribution in [-0.2, 0) is 0 Å². The van der Waals surface area contributed by atoms with Crippen LogP contribution >= 0.6 is 11.3 Å². The van der Waals surface area contributed by atoms with Gasteiger partial charge >= 0.3 is 0 Å². The van der Waals surface area contributed by atoms with Crippen LogP contribution in [0.4, 0.5) is 0 Å². The Kier molecular flexibility index (Phi) is 3.45. The van der Waals surface area contributed by atoms with Gasteiger partial charge in [0, 0.05) is 5.38 Å². The summed E-state index contributed by atoms with van der Waals surface area (Å²) in [6, 6.07) is 0. The van der Waals surface area contributed by atoms with Crippen molar-refractivity contribution >= 4 is 17.6 Å². The van der Waals surface area contributed by atoms with Gasteiger partial charge in [-0.15, -0.1) is 11.3 Å². The van der Waals surface area contributed by atoms with E-state index in [2.05, 4.69) is 22.1 Å². The van der Waals surface area contributed by atoms with Crippen LogP contribution in [0.25, 0.3) is 0 Å². The third kappa shape index (κ3) is 2.46. The van der Waals surface area contributed by atoms with Crippen molar-refractivity contribution in [2.75, 3.05) is 13.6 Å². The van der Waals surface area contributed by atoms with Crippen LogP contribution < -0.4 is 5.32 Å². The van der Waals surface area contributed by atoms with Gasteiger partial charge in [-0.05, 0) is 13.0 Å². The SMILES string of the molecule is CNCC#Cc1nc(C=O)cs1. The molecule has 0 fully saturated rings. The van der Waals surface area contributed by atoms with E-state index >= 15 is 0 Å². The molecular weight excluding hydrogens is 172 g/mol. The molecule has 0 saturated carbocycles. The summed E-state index contributed by atoms with van der Waals surface area (Å²) < 4.78 is 0. The van der Waals surface area contributed by atoms with Gasteiger partial charge in [0.2, 0.25) is 0 Å². The Morgan fingerprint density at radius 2 is 2.67 bits per heavy atom. The number of nitrogens with one attached hydrogen (secondary N) is 1. The molecule has 0 unspecified atom stereocenters. The van der Waals surface area contributed by atoms with Gasteiger partial charge in [0.1, 0.15) is 5.69 Å². The quantitative estimate of drug-likeness (QED) is 0.533. The van der Waals surface area contributed by atoms with Gasteiger partial charge in [-0.3, -0.25) is 4.79 Å². The van der Waals surface area contributed by atoms with Crippen LogP contribution in [-0.4, -0.2) is 24.9 Å². The Morgan fingerprint density at radius 1 is 1.83 bits per heavy atom. The van der Waals surface area contributed by atoms with Gasteiger partial charge in [0.05, 0.1) is 6.54 Å². The fourth-order valence-electron chi connectivity index (χ4n) is 0.606. The van der Waals surface area contributed by atoms with Gasteiger partial charge in [0.15, 0.2) is 11.3 Å². The minimum atomic E-state index is 0.453. The van der Waals surface area contributed by atoms with Crippen molar-refractivity contribution in [3.63, 3.8) is 0 Å². The highest BCUT2D eigenvalue weighted by Crippen LogP contribution is 2.05. The van der Waals surface area contributed by atoms with Crippen molar-refractivity contribution in [1.29, 1.82) is 0 Å². The van der Waals surface area contributed by atoms with E-state index in [1.807, 2.05) is 7.05 Å². The van der Waals surface area contributed by atoms with Crippen molar-refractivity contribution in [1.82, 2.24) is 10.3 Å². The van der Waals surface area contributed by atoms with Crippen LogP contribution in [0.2, 0.25) is 0 Å². The number of nitrogens with zero attached hydrogens (tertiary/aromatic N) is 1. The molecule has 4 heteroatoms. The summed E-state index contributed by atoms with van der Waals surface area (Å²) in [5, 5.41) is 5.27. The van der Waals surface area contributed by atoms with E-state index in [1.54, 1.807) is 5.38 Å². The smallest absolute Gasteiger partial charge is 0.169 e. The molecule has 0 aromatic carbocycles. The van der Waals surface area contributed by atoms with Gasteiger partial charge in [-0.25, -0.2) is 4.98 Å². The first-order valence-corrected chi connectivity index (χ1v) is 4.29. The number of carbonyl (C=O) groups is 1. The number of carbonyl (C=O) groups excluding carboxylic acids is 1. The molecule has 0 atom stereocenters. The summed E-state index contributed by atoms with van der Waals surface area (Å²) in [7, 11) is 1.83. The molecule has 62 valence electrons. The Labute approximate surface area is 74.8 Å². The molecule has 1 aromatic heterocycles. The van der Waals surface area contributed by atoms with E-state index in [9.17, 15) is 4.79 Å². The molecule has 1 rings (SSSR count). The van der Waals surface area contributed by atoms with Crippen LogP contribution in [0.1, 0.15) is 15.5 Å². The minimum Gasteiger partial charge on any atom is -0.309 e. The molecule has 0 bridgehead atoms. The van der Waals surface area contributed by atoms with E-state index in [4.69, 9.17) is 0 Å². The summed E-state index contributed by atoms with van der Waals surface area (Å²) in [6.45, 7) is 0.635. The number of aromatic nitrogens is 1. The van der Waals surface area contributed by atoms with Crippen LogP contribution in [0.5, 0.6) is 0 Å². The second-order valence-electron chi connectivity index (χ2n) is 2.03. The normalized spacial score (nSPS) is 8.75. The van der Waals surface area contributed by atoms with Crippen LogP contribution in [0, 0.1) is 11.8 Å². The molecule has 0 amide bonds. The van der Waals surface area contributed by atoms with E-state index in [0.29, 0.717) is 17.2 Å². The zero-order chi connectivity index (χ0) is 8.81. The molecular formula is C8H8N2OS. The summed E-state index contributed by atoms with van der Waals surface area (Å²) in [5.74, 6) is 5.70. The fraction of sp³-hybridized carbons (Fsp3) is 0.250. The van der Waals surface area contributed by atoms with Gasteiger partial charge in [-0.2, -0.15) is 0 Å². The monoisotopic (exact) mass is 180 g/mol. The number of hydrogen-bond donors (Lipinski definition) is 1. The van der Waals surface area contributed by atoms with E-state index in [-0.39, 0.29) is 0 Å². The third-order valence-corrected chi connectivity index (χ3v) is 1.88. The summed E-state index contributed by atoms with van der Waals surface area (Å²) in [4.78, 5) is 14.2. The number of rotatable bonds is 2. The van der Waals surface area contributed by atoms with Crippen molar-refractivity contribution in [2.45, 2.75) is 0 Å². The van der Waals surface area contributed by atoms with E-state index in [0.717, 1.165) is 6.29 Å². The highest BCUT2D eigenvalue weighted by Gasteiger charge is 1.95. The Bertz CT molecular complexity index is 321. The molecule has 1 N–H and O–H groups in total. The number of aldehydes is 1. The first-order chi connectivity index (χ1) is 5.86. The summed E-state index contributed by atoms with van der Waals surface area (Å²) in [5.41, 5.74) is 0.453. The predicted molar refractivity (Wildman–Crippen MR) is 48.3 cm³/mol. The molecule has 0 aliphatic rings. The second-order valence-corrected chi connectivity index (χ2v) is 2.89. The number of hydrogen-bond acceptors (Lipinski definition) is 4. The lowest BCUT2D eigenvalue weighted by molar-refractivity contribution is 0.111. The van der Waals surface area contributed by atoms with E-state index in [1.165, 1.54) is 11.3 Å². The predicted octanol–water partition coefficient (Wildman–Crippen LogP) is 0.527. The maximum atomic E-state index is 10.2. The lowest BCUT2D eigenvalue weighted by Crippen LogP contribution is -2.04. The van der Waals surface area contributed by atoms with Crippen molar-refractivity contribution < 1.29 is 4.79 Å². The van der Waals surface area contributed by atoms with Crippen molar-refractivity contribution in [3.05, 3.63) is 16.1 Å². The Balaban J connectivity index is 2.65. The maximum absolute atomic E-state index is 10.2. The zero-order valence-electron chi connectivity index (χ0n) is 6.63. The molecule has 3 nitrogen and oxygen atoms in total. The van der Waals surface area contributed by atoms with Gasteiger partial charge in [0.25, 0.3) is 0 Å². The van der Waals surface area contributed by atoms with Gasteiger partial charge < -0.3 is 5.32 Å². The largest absolute Gasteiger partial charge is 0.309 e. The highest BCUT2D eigenvalue weighted by molar-refractivity contribution is 7.10. The molecule has 0 radical (unpaired) electrons. The van der Waals surface area contributed by atoms with Gasteiger partial charge in [-0.1, -0.05) is 5.92 Å². The van der Waals surface area contributed by atoms with Crippen LogP contribution in [0.15, 0.2) is 5.38 Å². The molecule has 0 aliphatic carbocycles. The second kappa shape index (κ2) is 4.65. The Morgan fingerprint density at radius 3 is 3.25 bits per heavy atom. The maximum Gasteiger partial charge on any atom is 0.169 e. The zero-order valence-corrected chi connectivity index (χ0v) is 7.44. The standard InChI is InChI=1S/C8H8N2OS/c1-9-4-2-3-8-10-7(5-11)6-12-8/h5-6,9H,4H2,1H3. The van der Waals surface area contributed by atoms with Crippen LogP contribution in [0.3, 0.4) is 0 Å². The van der Waals surface area contributed by atoms with E-state index < -0.39 is 0 Å². The Hall–Kier alpha value is -1.18. The first-order valence-electron chi connectivity index (χ1n) is 3.41. The molecule has 1 heterocycles. The highest BCUT2D eigenvalue weighted by atomic mass is 32.1. The lowest BCUT2D eigenvalue weighted by Gasteiger charge is -1.80. The average molecular weight is 180 g/mol. The third-order valence-electron chi connectivity index (χ3n) is 1.10. The molecule has 0 aliphatic heterocycles. The fourth-order valence-corrected chi connectivity index (χ4v) is 1.24. The van der Waals surface area contributed by atoms with Crippen molar-refractivity contribution in [2.24, 2.45) is 0 Å². The first kappa shape index (κ1) is 8.91.